The Morgan fingerprint density at radius 3 is 2.69 bits per heavy atom. The summed E-state index contributed by atoms with van der Waals surface area (Å²) < 4.78 is 11.3. The number of nitrogens with zero attached hydrogens (tertiary/aromatic N) is 2. The van der Waals surface area contributed by atoms with Crippen LogP contribution in [0.2, 0.25) is 0 Å². The number of rotatable bonds is 6. The second-order valence-electron chi connectivity index (χ2n) is 7.62. The summed E-state index contributed by atoms with van der Waals surface area (Å²) in [4.78, 5) is 6.70. The monoisotopic (exact) mass is 475 g/mol. The Kier molecular flexibility index (Phi) is 9.71. The van der Waals surface area contributed by atoms with Crippen molar-refractivity contribution in [2.45, 2.75) is 32.6 Å². The molecule has 0 aromatic heterocycles. The molecule has 1 N–H and O–H groups in total. The average molecular weight is 475 g/mol. The number of nitrogens with one attached hydrogen (secondary N) is 1. The van der Waals surface area contributed by atoms with E-state index in [1.165, 1.54) is 5.56 Å². The van der Waals surface area contributed by atoms with Gasteiger partial charge in [0.2, 0.25) is 0 Å². The fraction of sp³-hybridized carbons (Fsp3) is 0.650. The van der Waals surface area contributed by atoms with E-state index in [2.05, 4.69) is 48.1 Å². The molecule has 1 heterocycles. The molecule has 0 bridgehead atoms. The molecule has 1 aliphatic heterocycles. The molecule has 1 atom stereocenters. The standard InChI is InChI=1S/C20H33N3O2.HI/c1-20(2,3)17-8-6-7-9-18(17)25-13-11-22-19(21-4)23-12-10-16(14-23)15-24-5;/h6-9,16H,10-15H2,1-5H3,(H,21,22);1H. The highest BCUT2D eigenvalue weighted by atomic mass is 127. The number of guanidine groups is 1. The van der Waals surface area contributed by atoms with Gasteiger partial charge in [-0.15, -0.1) is 24.0 Å². The summed E-state index contributed by atoms with van der Waals surface area (Å²) in [7, 11) is 3.60. The van der Waals surface area contributed by atoms with Crippen molar-refractivity contribution < 1.29 is 9.47 Å². The minimum absolute atomic E-state index is 0. The van der Waals surface area contributed by atoms with Crippen molar-refractivity contribution in [3.63, 3.8) is 0 Å². The Morgan fingerprint density at radius 2 is 2.04 bits per heavy atom. The number of methoxy groups -OCH3 is 1. The van der Waals surface area contributed by atoms with Gasteiger partial charge in [-0.05, 0) is 23.5 Å². The van der Waals surface area contributed by atoms with Crippen molar-refractivity contribution in [1.82, 2.24) is 10.2 Å². The zero-order chi connectivity index (χ0) is 18.3. The van der Waals surface area contributed by atoms with Gasteiger partial charge in [-0.1, -0.05) is 39.0 Å². The zero-order valence-electron chi connectivity index (χ0n) is 16.7. The Labute approximate surface area is 175 Å². The van der Waals surface area contributed by atoms with Gasteiger partial charge in [-0.3, -0.25) is 4.99 Å². The van der Waals surface area contributed by atoms with E-state index < -0.39 is 0 Å². The molecule has 1 aromatic rings. The first kappa shape index (κ1) is 23.0. The van der Waals surface area contributed by atoms with Crippen LogP contribution in [0.4, 0.5) is 0 Å². The molecule has 0 aliphatic carbocycles. The molecule has 26 heavy (non-hydrogen) atoms. The molecule has 2 rings (SSSR count). The first-order chi connectivity index (χ1) is 12.0. The summed E-state index contributed by atoms with van der Waals surface area (Å²) in [6, 6.07) is 8.28. The van der Waals surface area contributed by atoms with E-state index in [4.69, 9.17) is 9.47 Å². The molecule has 0 radical (unpaired) electrons. The normalized spacial score (nSPS) is 17.8. The lowest BCUT2D eigenvalue weighted by Gasteiger charge is -2.24. The molecule has 1 unspecified atom stereocenters. The van der Waals surface area contributed by atoms with Crippen LogP contribution in [0.5, 0.6) is 5.75 Å². The Bertz CT molecular complexity index is 572. The van der Waals surface area contributed by atoms with E-state index in [1.54, 1.807) is 7.11 Å². The maximum absolute atomic E-state index is 6.02. The first-order valence-electron chi connectivity index (χ1n) is 9.12. The Hall–Kier alpha value is -1.02. The van der Waals surface area contributed by atoms with Gasteiger partial charge in [0.05, 0.1) is 13.2 Å². The van der Waals surface area contributed by atoms with Crippen LogP contribution in [-0.2, 0) is 10.2 Å². The molecule has 1 saturated heterocycles. The smallest absolute Gasteiger partial charge is 0.193 e. The van der Waals surface area contributed by atoms with Crippen LogP contribution < -0.4 is 10.1 Å². The van der Waals surface area contributed by atoms with Crippen LogP contribution in [0.3, 0.4) is 0 Å². The van der Waals surface area contributed by atoms with Crippen molar-refractivity contribution in [1.29, 1.82) is 0 Å². The van der Waals surface area contributed by atoms with Crippen molar-refractivity contribution in [3.05, 3.63) is 29.8 Å². The number of aliphatic imine (C=N–C) groups is 1. The van der Waals surface area contributed by atoms with Crippen LogP contribution >= 0.6 is 24.0 Å². The van der Waals surface area contributed by atoms with Crippen molar-refractivity contribution in [2.75, 3.05) is 47.0 Å². The second-order valence-corrected chi connectivity index (χ2v) is 7.62. The molecule has 0 amide bonds. The topological polar surface area (TPSA) is 46.1 Å². The summed E-state index contributed by atoms with van der Waals surface area (Å²) >= 11 is 0. The summed E-state index contributed by atoms with van der Waals surface area (Å²) in [6.07, 6.45) is 1.16. The maximum Gasteiger partial charge on any atom is 0.193 e. The summed E-state index contributed by atoms with van der Waals surface area (Å²) in [6.45, 7) is 10.8. The van der Waals surface area contributed by atoms with Gasteiger partial charge in [0.1, 0.15) is 12.4 Å². The largest absolute Gasteiger partial charge is 0.491 e. The lowest BCUT2D eigenvalue weighted by molar-refractivity contribution is 0.157. The van der Waals surface area contributed by atoms with Crippen LogP contribution in [0.25, 0.3) is 0 Å². The molecule has 6 heteroatoms. The molecule has 148 valence electrons. The predicted molar refractivity (Wildman–Crippen MR) is 119 cm³/mol. The number of benzene rings is 1. The number of hydrogen-bond donors (Lipinski definition) is 1. The van der Waals surface area contributed by atoms with Gasteiger partial charge < -0.3 is 19.7 Å². The van der Waals surface area contributed by atoms with E-state index in [9.17, 15) is 0 Å². The second kappa shape index (κ2) is 11.0. The molecule has 1 fully saturated rings. The third-order valence-electron chi connectivity index (χ3n) is 4.54. The lowest BCUT2D eigenvalue weighted by Crippen LogP contribution is -2.41. The zero-order valence-corrected chi connectivity index (χ0v) is 19.1. The molecule has 1 aliphatic rings. The third kappa shape index (κ3) is 6.61. The first-order valence-corrected chi connectivity index (χ1v) is 9.12. The Balaban J connectivity index is 0.00000338. The number of halogens is 1. The van der Waals surface area contributed by atoms with E-state index in [0.717, 1.165) is 44.4 Å². The van der Waals surface area contributed by atoms with Gasteiger partial charge in [-0.2, -0.15) is 0 Å². The fourth-order valence-corrected chi connectivity index (χ4v) is 3.26. The minimum Gasteiger partial charge on any atom is -0.491 e. The summed E-state index contributed by atoms with van der Waals surface area (Å²) in [5, 5.41) is 3.41. The highest BCUT2D eigenvalue weighted by Gasteiger charge is 2.24. The van der Waals surface area contributed by atoms with Gasteiger partial charge in [0.25, 0.3) is 0 Å². The van der Waals surface area contributed by atoms with Gasteiger partial charge in [0.15, 0.2) is 5.96 Å². The minimum atomic E-state index is 0. The molecular weight excluding hydrogens is 441 g/mol. The van der Waals surface area contributed by atoms with Gasteiger partial charge >= 0.3 is 0 Å². The van der Waals surface area contributed by atoms with Crippen molar-refractivity contribution in [2.24, 2.45) is 10.9 Å². The van der Waals surface area contributed by atoms with Crippen LogP contribution in [0, 0.1) is 5.92 Å². The van der Waals surface area contributed by atoms with Crippen molar-refractivity contribution >= 4 is 29.9 Å². The SMILES string of the molecule is CN=C(NCCOc1ccccc1C(C)(C)C)N1CCC(COC)C1.I. The molecule has 5 nitrogen and oxygen atoms in total. The number of para-hydroxylation sites is 1. The highest BCUT2D eigenvalue weighted by Crippen LogP contribution is 2.30. The van der Waals surface area contributed by atoms with E-state index in [1.807, 2.05) is 19.2 Å². The number of ether oxygens (including phenoxy) is 2. The van der Waals surface area contributed by atoms with Gasteiger partial charge in [0, 0.05) is 33.2 Å². The maximum atomic E-state index is 6.02. The van der Waals surface area contributed by atoms with Crippen LogP contribution in [0.1, 0.15) is 32.8 Å². The predicted octanol–water partition coefficient (Wildman–Crippen LogP) is 3.52. The molecule has 0 saturated carbocycles. The fourth-order valence-electron chi connectivity index (χ4n) is 3.26. The molecular formula is C20H34IN3O2. The average Bonchev–Trinajstić information content (AvgIpc) is 3.03. The summed E-state index contributed by atoms with van der Waals surface area (Å²) in [5.41, 5.74) is 1.31. The molecule has 0 spiro atoms. The van der Waals surface area contributed by atoms with Crippen molar-refractivity contribution in [3.8, 4) is 5.75 Å². The van der Waals surface area contributed by atoms with E-state index in [-0.39, 0.29) is 29.4 Å². The van der Waals surface area contributed by atoms with Gasteiger partial charge in [-0.25, -0.2) is 0 Å². The van der Waals surface area contributed by atoms with E-state index in [0.29, 0.717) is 12.5 Å². The van der Waals surface area contributed by atoms with Crippen LogP contribution in [-0.4, -0.2) is 57.9 Å². The summed E-state index contributed by atoms with van der Waals surface area (Å²) in [5.74, 6) is 2.51. The lowest BCUT2D eigenvalue weighted by atomic mass is 9.86. The number of likely N-dealkylation sites (tertiary alicyclic amines) is 1. The van der Waals surface area contributed by atoms with Crippen LogP contribution in [0.15, 0.2) is 29.3 Å². The Morgan fingerprint density at radius 1 is 1.31 bits per heavy atom. The molecule has 1 aromatic carbocycles. The van der Waals surface area contributed by atoms with E-state index >= 15 is 0 Å². The number of hydrogen-bond acceptors (Lipinski definition) is 3. The highest BCUT2D eigenvalue weighted by molar-refractivity contribution is 14.0. The third-order valence-corrected chi connectivity index (χ3v) is 4.54. The quantitative estimate of drug-likeness (QED) is 0.296.